The average Bonchev–Trinajstić information content (AvgIpc) is 2.31. The summed E-state index contributed by atoms with van der Waals surface area (Å²) in [5.74, 6) is -0.477. The molecule has 0 saturated carbocycles. The van der Waals surface area contributed by atoms with E-state index in [-0.39, 0.29) is 10.6 Å². The van der Waals surface area contributed by atoms with Crippen molar-refractivity contribution in [3.63, 3.8) is 0 Å². The van der Waals surface area contributed by atoms with Gasteiger partial charge in [0.15, 0.2) is 0 Å². The minimum absolute atomic E-state index is 0.130. The predicted octanol–water partition coefficient (Wildman–Crippen LogP) is 3.53. The van der Waals surface area contributed by atoms with Gasteiger partial charge in [-0.1, -0.05) is 23.8 Å². The second kappa shape index (κ2) is 6.07. The van der Waals surface area contributed by atoms with E-state index in [1.165, 1.54) is 6.07 Å². The topological polar surface area (TPSA) is 27.0 Å². The van der Waals surface area contributed by atoms with Crippen molar-refractivity contribution in [2.75, 3.05) is 18.0 Å². The highest BCUT2D eigenvalue weighted by atomic mass is 35.5. The van der Waals surface area contributed by atoms with Crippen molar-refractivity contribution in [3.8, 4) is 6.07 Å². The molecule has 0 unspecified atom stereocenters. The van der Waals surface area contributed by atoms with E-state index >= 15 is 0 Å². The fourth-order valence-electron chi connectivity index (χ4n) is 1.45. The van der Waals surface area contributed by atoms with Crippen LogP contribution in [0.2, 0.25) is 5.02 Å². The van der Waals surface area contributed by atoms with Crippen LogP contribution in [0.5, 0.6) is 0 Å². The lowest BCUT2D eigenvalue weighted by Gasteiger charge is -2.22. The van der Waals surface area contributed by atoms with Gasteiger partial charge in [-0.2, -0.15) is 5.26 Å². The quantitative estimate of drug-likeness (QED) is 0.748. The SMILES string of the molecule is C=CCN(CC=C)c1cc(Cl)c(C#N)cc1F. The highest BCUT2D eigenvalue weighted by Crippen LogP contribution is 2.26. The van der Waals surface area contributed by atoms with Gasteiger partial charge in [0, 0.05) is 13.1 Å². The monoisotopic (exact) mass is 250 g/mol. The van der Waals surface area contributed by atoms with Crippen molar-refractivity contribution in [2.45, 2.75) is 0 Å². The van der Waals surface area contributed by atoms with Crippen LogP contribution in [0.1, 0.15) is 5.56 Å². The van der Waals surface area contributed by atoms with Gasteiger partial charge in [0.25, 0.3) is 0 Å². The number of benzene rings is 1. The Kier molecular flexibility index (Phi) is 4.74. The van der Waals surface area contributed by atoms with Crippen molar-refractivity contribution >= 4 is 17.3 Å². The van der Waals surface area contributed by atoms with Crippen molar-refractivity contribution in [1.29, 1.82) is 5.26 Å². The summed E-state index contributed by atoms with van der Waals surface area (Å²) in [6, 6.07) is 4.42. The Bertz CT molecular complexity index is 467. The van der Waals surface area contributed by atoms with Gasteiger partial charge in [-0.05, 0) is 12.1 Å². The van der Waals surface area contributed by atoms with Gasteiger partial charge in [-0.3, -0.25) is 0 Å². The third-order valence-electron chi connectivity index (χ3n) is 2.20. The Hall–Kier alpha value is -1.79. The van der Waals surface area contributed by atoms with E-state index in [0.717, 1.165) is 6.07 Å². The molecule has 0 atom stereocenters. The molecule has 0 aliphatic carbocycles. The normalized spacial score (nSPS) is 9.47. The van der Waals surface area contributed by atoms with Gasteiger partial charge in [-0.25, -0.2) is 4.39 Å². The molecule has 88 valence electrons. The molecule has 1 aromatic carbocycles. The average molecular weight is 251 g/mol. The van der Waals surface area contributed by atoms with Crippen LogP contribution in [-0.2, 0) is 0 Å². The number of hydrogen-bond donors (Lipinski definition) is 0. The van der Waals surface area contributed by atoms with Gasteiger partial charge in [0.2, 0.25) is 0 Å². The van der Waals surface area contributed by atoms with Crippen LogP contribution in [0, 0.1) is 17.1 Å². The number of halogens is 2. The van der Waals surface area contributed by atoms with Gasteiger partial charge in [0.1, 0.15) is 11.9 Å². The Labute approximate surface area is 105 Å². The maximum atomic E-state index is 13.8. The molecule has 2 nitrogen and oxygen atoms in total. The van der Waals surface area contributed by atoms with E-state index in [9.17, 15) is 4.39 Å². The Morgan fingerprint density at radius 3 is 2.41 bits per heavy atom. The molecule has 0 bridgehead atoms. The van der Waals surface area contributed by atoms with Gasteiger partial charge >= 0.3 is 0 Å². The minimum Gasteiger partial charge on any atom is -0.362 e. The van der Waals surface area contributed by atoms with Crippen molar-refractivity contribution in [1.82, 2.24) is 0 Å². The molecule has 0 aliphatic heterocycles. The summed E-state index contributed by atoms with van der Waals surface area (Å²) in [5, 5.41) is 8.97. The molecule has 0 aliphatic rings. The molecule has 0 amide bonds. The summed E-state index contributed by atoms with van der Waals surface area (Å²) in [5.41, 5.74) is 0.471. The smallest absolute Gasteiger partial charge is 0.147 e. The zero-order valence-corrected chi connectivity index (χ0v) is 10.0. The summed E-state index contributed by atoms with van der Waals surface area (Å²) in [6.07, 6.45) is 3.32. The number of nitriles is 1. The van der Waals surface area contributed by atoms with E-state index in [4.69, 9.17) is 16.9 Å². The summed E-state index contributed by atoms with van der Waals surface area (Å²) in [6.45, 7) is 8.18. The number of nitrogens with zero attached hydrogens (tertiary/aromatic N) is 2. The van der Waals surface area contributed by atoms with E-state index < -0.39 is 5.82 Å². The van der Waals surface area contributed by atoms with Crippen LogP contribution in [0.25, 0.3) is 0 Å². The molecule has 0 heterocycles. The van der Waals surface area contributed by atoms with E-state index in [1.807, 2.05) is 6.07 Å². The van der Waals surface area contributed by atoms with Crippen LogP contribution in [-0.4, -0.2) is 13.1 Å². The molecule has 0 saturated heterocycles. The largest absolute Gasteiger partial charge is 0.362 e. The lowest BCUT2D eigenvalue weighted by Crippen LogP contribution is -2.24. The highest BCUT2D eigenvalue weighted by molar-refractivity contribution is 6.32. The van der Waals surface area contributed by atoms with Crippen molar-refractivity contribution < 1.29 is 4.39 Å². The molecule has 1 rings (SSSR count). The predicted molar refractivity (Wildman–Crippen MR) is 68.7 cm³/mol. The summed E-state index contributed by atoms with van der Waals surface area (Å²) in [4.78, 5) is 1.72. The Morgan fingerprint density at radius 1 is 1.35 bits per heavy atom. The molecule has 17 heavy (non-hydrogen) atoms. The van der Waals surface area contributed by atoms with Crippen molar-refractivity contribution in [2.24, 2.45) is 0 Å². The maximum Gasteiger partial charge on any atom is 0.147 e. The standard InChI is InChI=1S/C13H12ClFN2/c1-3-5-17(6-4-2)13-8-11(14)10(9-16)7-12(13)15/h3-4,7-8H,1-2,5-6H2. The molecule has 0 aromatic heterocycles. The minimum atomic E-state index is -0.477. The lowest BCUT2D eigenvalue weighted by molar-refractivity contribution is 0.622. The van der Waals surface area contributed by atoms with E-state index in [1.54, 1.807) is 17.1 Å². The molecule has 0 fully saturated rings. The number of rotatable bonds is 5. The third kappa shape index (κ3) is 3.08. The van der Waals surface area contributed by atoms with Crippen LogP contribution in [0.3, 0.4) is 0 Å². The second-order valence-electron chi connectivity index (χ2n) is 3.38. The first-order valence-electron chi connectivity index (χ1n) is 5.00. The van der Waals surface area contributed by atoms with Crippen molar-refractivity contribution in [3.05, 3.63) is 53.8 Å². The zero-order chi connectivity index (χ0) is 12.8. The fraction of sp³-hybridized carbons (Fsp3) is 0.154. The zero-order valence-electron chi connectivity index (χ0n) is 9.29. The molecule has 0 spiro atoms. The summed E-state index contributed by atoms with van der Waals surface area (Å²) >= 11 is 5.88. The first-order chi connectivity index (χ1) is 8.13. The first-order valence-corrected chi connectivity index (χ1v) is 5.37. The van der Waals surface area contributed by atoms with Crippen LogP contribution in [0.15, 0.2) is 37.4 Å². The molecule has 1 aromatic rings. The van der Waals surface area contributed by atoms with Crippen LogP contribution in [0.4, 0.5) is 10.1 Å². The maximum absolute atomic E-state index is 13.8. The first kappa shape index (κ1) is 13.3. The summed E-state index contributed by atoms with van der Waals surface area (Å²) < 4.78 is 13.8. The second-order valence-corrected chi connectivity index (χ2v) is 3.78. The summed E-state index contributed by atoms with van der Waals surface area (Å²) in [7, 11) is 0. The van der Waals surface area contributed by atoms with Crippen LogP contribution >= 0.6 is 11.6 Å². The molecular weight excluding hydrogens is 239 g/mol. The van der Waals surface area contributed by atoms with E-state index in [0.29, 0.717) is 18.8 Å². The number of hydrogen-bond acceptors (Lipinski definition) is 2. The van der Waals surface area contributed by atoms with Crippen LogP contribution < -0.4 is 4.90 Å². The fourth-order valence-corrected chi connectivity index (χ4v) is 1.65. The molecular formula is C13H12ClFN2. The van der Waals surface area contributed by atoms with Gasteiger partial charge in [-0.15, -0.1) is 13.2 Å². The molecule has 0 N–H and O–H groups in total. The Morgan fingerprint density at radius 2 is 1.94 bits per heavy atom. The third-order valence-corrected chi connectivity index (χ3v) is 2.51. The number of anilines is 1. The molecule has 0 radical (unpaired) electrons. The van der Waals surface area contributed by atoms with E-state index in [2.05, 4.69) is 13.2 Å². The molecule has 4 heteroatoms. The Balaban J connectivity index is 3.19. The lowest BCUT2D eigenvalue weighted by atomic mass is 10.2. The van der Waals surface area contributed by atoms with Gasteiger partial charge in [0.05, 0.1) is 16.3 Å². The highest BCUT2D eigenvalue weighted by Gasteiger charge is 2.13. The van der Waals surface area contributed by atoms with Gasteiger partial charge < -0.3 is 4.90 Å².